The third-order valence-corrected chi connectivity index (χ3v) is 4.77. The summed E-state index contributed by atoms with van der Waals surface area (Å²) in [5.74, 6) is -0.339. The summed E-state index contributed by atoms with van der Waals surface area (Å²) in [5.41, 5.74) is -0.0144. The smallest absolute Gasteiger partial charge is 0.271 e. The largest absolute Gasteiger partial charge is 0.497 e. The molecule has 0 aromatic heterocycles. The van der Waals surface area contributed by atoms with E-state index in [0.29, 0.717) is 22.7 Å². The summed E-state index contributed by atoms with van der Waals surface area (Å²) >= 11 is 0. The van der Waals surface area contributed by atoms with E-state index in [1.807, 2.05) is 0 Å². The van der Waals surface area contributed by atoms with Crippen molar-refractivity contribution in [3.05, 3.63) is 54.1 Å². The molecule has 1 atom stereocenters. The lowest BCUT2D eigenvalue weighted by Gasteiger charge is -2.41. The van der Waals surface area contributed by atoms with Crippen LogP contribution in [0.5, 0.6) is 5.75 Å². The fraction of sp³-hybridized carbons (Fsp3) is 0.211. The van der Waals surface area contributed by atoms with Gasteiger partial charge in [-0.25, -0.2) is 0 Å². The minimum Gasteiger partial charge on any atom is -0.497 e. The van der Waals surface area contributed by atoms with Gasteiger partial charge >= 0.3 is 0 Å². The van der Waals surface area contributed by atoms with Crippen LogP contribution in [0.1, 0.15) is 23.2 Å². The van der Waals surface area contributed by atoms with Gasteiger partial charge in [0.1, 0.15) is 5.75 Å². The second-order valence-corrected chi connectivity index (χ2v) is 6.24. The Balaban J connectivity index is 1.70. The number of anilines is 2. The minimum atomic E-state index is -1.41. The van der Waals surface area contributed by atoms with Crippen LogP contribution < -0.4 is 20.3 Å². The summed E-state index contributed by atoms with van der Waals surface area (Å²) in [6.45, 7) is 0. The van der Waals surface area contributed by atoms with E-state index in [4.69, 9.17) is 4.74 Å². The molecule has 1 fully saturated rings. The fourth-order valence-corrected chi connectivity index (χ4v) is 3.48. The highest BCUT2D eigenvalue weighted by molar-refractivity contribution is 6.18. The van der Waals surface area contributed by atoms with E-state index in [-0.39, 0.29) is 24.7 Å². The molecule has 4 rings (SSSR count). The Hall–Kier alpha value is -3.35. The maximum absolute atomic E-state index is 13.1. The van der Waals surface area contributed by atoms with Gasteiger partial charge in [-0.1, -0.05) is 12.1 Å². The van der Waals surface area contributed by atoms with Crippen LogP contribution >= 0.6 is 0 Å². The van der Waals surface area contributed by atoms with Gasteiger partial charge in [0, 0.05) is 18.5 Å². The zero-order chi connectivity index (χ0) is 18.3. The van der Waals surface area contributed by atoms with Crippen molar-refractivity contribution in [3.63, 3.8) is 0 Å². The second-order valence-electron chi connectivity index (χ2n) is 6.24. The molecule has 7 nitrogen and oxygen atoms in total. The number of carbonyl (C=O) groups is 3. The Morgan fingerprint density at radius 1 is 1.15 bits per heavy atom. The molecule has 0 saturated carbocycles. The molecule has 132 valence electrons. The number of para-hydroxylation sites is 1. The van der Waals surface area contributed by atoms with Gasteiger partial charge in [0.15, 0.2) is 0 Å². The van der Waals surface area contributed by atoms with Crippen LogP contribution in [0.3, 0.4) is 0 Å². The van der Waals surface area contributed by atoms with Crippen molar-refractivity contribution < 1.29 is 19.1 Å². The third-order valence-electron chi connectivity index (χ3n) is 4.77. The number of carbonyl (C=O) groups excluding carboxylic acids is 3. The number of methoxy groups -OCH3 is 1. The molecule has 1 saturated heterocycles. The van der Waals surface area contributed by atoms with Gasteiger partial charge in [-0.15, -0.1) is 0 Å². The van der Waals surface area contributed by atoms with E-state index in [9.17, 15) is 14.4 Å². The summed E-state index contributed by atoms with van der Waals surface area (Å²) in [7, 11) is 1.56. The molecule has 0 aliphatic carbocycles. The van der Waals surface area contributed by atoms with E-state index in [1.165, 1.54) is 4.90 Å². The van der Waals surface area contributed by atoms with Crippen molar-refractivity contribution in [1.29, 1.82) is 0 Å². The Kier molecular flexibility index (Phi) is 3.64. The van der Waals surface area contributed by atoms with Gasteiger partial charge in [0.25, 0.3) is 11.8 Å². The molecule has 0 spiro atoms. The van der Waals surface area contributed by atoms with Crippen LogP contribution in [0.2, 0.25) is 0 Å². The van der Waals surface area contributed by atoms with Crippen molar-refractivity contribution in [2.24, 2.45) is 0 Å². The Morgan fingerprint density at radius 3 is 2.62 bits per heavy atom. The number of fused-ring (bicyclic) bond motifs is 3. The van der Waals surface area contributed by atoms with Crippen LogP contribution in [0, 0.1) is 0 Å². The molecule has 2 aliphatic heterocycles. The maximum atomic E-state index is 13.1. The standard InChI is InChI=1S/C19H17N3O4/c1-26-13-8-6-12(7-9-13)20-18(25)19-11-10-16(23)22(19)15-5-3-2-4-14(15)17(24)21-19/h2-9H,10-11H2,1H3,(H,20,25)(H,21,24)/t19-/m1/s1. The van der Waals surface area contributed by atoms with E-state index < -0.39 is 11.6 Å². The highest BCUT2D eigenvalue weighted by atomic mass is 16.5. The first-order valence-electron chi connectivity index (χ1n) is 8.25. The molecule has 0 bridgehead atoms. The number of nitrogens with one attached hydrogen (secondary N) is 2. The van der Waals surface area contributed by atoms with E-state index in [1.54, 1.807) is 55.6 Å². The van der Waals surface area contributed by atoms with Crippen LogP contribution in [0.15, 0.2) is 48.5 Å². The summed E-state index contributed by atoms with van der Waals surface area (Å²) in [5, 5.41) is 5.54. The number of rotatable bonds is 3. The quantitative estimate of drug-likeness (QED) is 0.884. The van der Waals surface area contributed by atoms with Gasteiger partial charge < -0.3 is 15.4 Å². The fourth-order valence-electron chi connectivity index (χ4n) is 3.48. The first-order valence-corrected chi connectivity index (χ1v) is 8.25. The lowest BCUT2D eigenvalue weighted by Crippen LogP contribution is -2.68. The van der Waals surface area contributed by atoms with Gasteiger partial charge in [-0.2, -0.15) is 0 Å². The van der Waals surface area contributed by atoms with Gasteiger partial charge in [-0.3, -0.25) is 19.3 Å². The van der Waals surface area contributed by atoms with Crippen molar-refractivity contribution in [1.82, 2.24) is 5.32 Å². The maximum Gasteiger partial charge on any atom is 0.271 e. The normalized spacial score (nSPS) is 20.9. The predicted molar refractivity (Wildman–Crippen MR) is 95.0 cm³/mol. The molecule has 2 N–H and O–H groups in total. The number of benzene rings is 2. The van der Waals surface area contributed by atoms with Crippen LogP contribution in [-0.2, 0) is 9.59 Å². The molecule has 3 amide bonds. The summed E-state index contributed by atoms with van der Waals surface area (Å²) in [4.78, 5) is 39.5. The Morgan fingerprint density at radius 2 is 1.88 bits per heavy atom. The second kappa shape index (κ2) is 5.87. The molecule has 2 aromatic rings. The van der Waals surface area contributed by atoms with E-state index in [2.05, 4.69) is 10.6 Å². The van der Waals surface area contributed by atoms with E-state index >= 15 is 0 Å². The van der Waals surface area contributed by atoms with Crippen LogP contribution in [0.4, 0.5) is 11.4 Å². The SMILES string of the molecule is COc1ccc(NC(=O)[C@@]23CCC(=O)N2c2ccccc2C(=O)N3)cc1. The molecule has 26 heavy (non-hydrogen) atoms. The number of hydrogen-bond donors (Lipinski definition) is 2. The highest BCUT2D eigenvalue weighted by Crippen LogP contribution is 2.39. The van der Waals surface area contributed by atoms with Gasteiger partial charge in [-0.05, 0) is 36.4 Å². The van der Waals surface area contributed by atoms with Crippen molar-refractivity contribution >= 4 is 29.1 Å². The molecule has 0 unspecified atom stereocenters. The Bertz CT molecular complexity index is 909. The number of nitrogens with zero attached hydrogens (tertiary/aromatic N) is 1. The molecular weight excluding hydrogens is 334 g/mol. The summed E-state index contributed by atoms with van der Waals surface area (Å²) in [6.07, 6.45) is 0.401. The summed E-state index contributed by atoms with van der Waals surface area (Å²) < 4.78 is 5.10. The number of ether oxygens (including phenoxy) is 1. The number of amides is 3. The van der Waals surface area contributed by atoms with Crippen molar-refractivity contribution in [3.8, 4) is 5.75 Å². The molecule has 2 heterocycles. The minimum absolute atomic E-state index is 0.185. The van der Waals surface area contributed by atoms with E-state index in [0.717, 1.165) is 0 Å². The third kappa shape index (κ3) is 2.32. The lowest BCUT2D eigenvalue weighted by molar-refractivity contribution is -0.124. The van der Waals surface area contributed by atoms with Gasteiger partial charge in [0.2, 0.25) is 11.6 Å². The Labute approximate surface area is 149 Å². The predicted octanol–water partition coefficient (Wildman–Crippen LogP) is 1.90. The van der Waals surface area contributed by atoms with Crippen molar-refractivity contribution in [2.45, 2.75) is 18.5 Å². The molecular formula is C19H17N3O4. The zero-order valence-electron chi connectivity index (χ0n) is 14.1. The monoisotopic (exact) mass is 351 g/mol. The molecule has 2 aromatic carbocycles. The van der Waals surface area contributed by atoms with Gasteiger partial charge in [0.05, 0.1) is 18.4 Å². The molecule has 7 heteroatoms. The zero-order valence-corrected chi connectivity index (χ0v) is 14.1. The average molecular weight is 351 g/mol. The van der Waals surface area contributed by atoms with Crippen LogP contribution in [-0.4, -0.2) is 30.5 Å². The molecule has 0 radical (unpaired) electrons. The highest BCUT2D eigenvalue weighted by Gasteiger charge is 2.56. The average Bonchev–Trinajstić information content (AvgIpc) is 3.00. The van der Waals surface area contributed by atoms with Crippen molar-refractivity contribution in [2.75, 3.05) is 17.3 Å². The number of hydrogen-bond acceptors (Lipinski definition) is 4. The first kappa shape index (κ1) is 16.1. The molecule has 2 aliphatic rings. The summed E-state index contributed by atoms with van der Waals surface area (Å²) in [6, 6.07) is 13.6. The first-order chi connectivity index (χ1) is 12.5. The lowest BCUT2D eigenvalue weighted by atomic mass is 9.98. The van der Waals surface area contributed by atoms with Crippen LogP contribution in [0.25, 0.3) is 0 Å². The topological polar surface area (TPSA) is 87.7 Å².